The first-order chi connectivity index (χ1) is 12.9. The van der Waals surface area contributed by atoms with Crippen LogP contribution in [-0.4, -0.2) is 38.4 Å². The van der Waals surface area contributed by atoms with E-state index in [-0.39, 0.29) is 22.6 Å². The number of rotatable bonds is 5. The number of nitrogens with two attached hydrogens (primary N) is 1. The van der Waals surface area contributed by atoms with E-state index in [1.165, 1.54) is 12.1 Å². The number of piperidine rings is 1. The molecule has 1 amide bonds. The summed E-state index contributed by atoms with van der Waals surface area (Å²) in [6.45, 7) is 3.35. The van der Waals surface area contributed by atoms with Crippen molar-refractivity contribution in [2.24, 2.45) is 11.7 Å². The van der Waals surface area contributed by atoms with Gasteiger partial charge in [-0.25, -0.2) is 8.42 Å². The number of amides is 1. The summed E-state index contributed by atoms with van der Waals surface area (Å²) >= 11 is 0. The maximum atomic E-state index is 12.8. The summed E-state index contributed by atoms with van der Waals surface area (Å²) in [6, 6.07) is 15.4. The quantitative estimate of drug-likeness (QED) is 0.857. The van der Waals surface area contributed by atoms with Gasteiger partial charge in [-0.2, -0.15) is 0 Å². The largest absolute Gasteiger partial charge is 0.338 e. The van der Waals surface area contributed by atoms with Gasteiger partial charge in [0.2, 0.25) is 0 Å². The molecule has 0 spiro atoms. The fraction of sp³-hybridized carbons (Fsp3) is 0.381. The minimum atomic E-state index is -3.44. The molecule has 1 saturated heterocycles. The number of carbonyl (C=O) groups excluding carboxylic acids is 1. The summed E-state index contributed by atoms with van der Waals surface area (Å²) in [7, 11) is -3.44. The standard InChI is InChI=1S/C21H26N2O3S/c1-16(22)19-8-5-13-23(14-19)21(24)18-9-11-20(12-10-18)27(25,26)15-17-6-3-2-4-7-17/h2-4,6-7,9-12,16,19H,5,8,13-15,22H2,1H3/t16-,19-/m1/s1. The zero-order valence-corrected chi connectivity index (χ0v) is 16.4. The van der Waals surface area contributed by atoms with E-state index in [1.807, 2.05) is 30.0 Å². The first-order valence-corrected chi connectivity index (χ1v) is 10.9. The molecule has 0 radical (unpaired) electrons. The molecule has 0 bridgehead atoms. The number of benzene rings is 2. The lowest BCUT2D eigenvalue weighted by molar-refractivity contribution is 0.0661. The van der Waals surface area contributed by atoms with Crippen molar-refractivity contribution in [2.45, 2.75) is 36.5 Å². The number of carbonyl (C=O) groups is 1. The molecule has 0 aliphatic carbocycles. The summed E-state index contributed by atoms with van der Waals surface area (Å²) in [4.78, 5) is 14.8. The number of likely N-dealkylation sites (tertiary alicyclic amines) is 1. The second kappa shape index (κ2) is 8.23. The van der Waals surface area contributed by atoms with Crippen LogP contribution in [0, 0.1) is 5.92 Å². The topological polar surface area (TPSA) is 80.5 Å². The van der Waals surface area contributed by atoms with Gasteiger partial charge in [0, 0.05) is 24.7 Å². The molecule has 3 rings (SSSR count). The van der Waals surface area contributed by atoms with E-state index in [2.05, 4.69) is 0 Å². The van der Waals surface area contributed by atoms with Crippen molar-refractivity contribution >= 4 is 15.7 Å². The van der Waals surface area contributed by atoms with E-state index in [1.54, 1.807) is 24.3 Å². The van der Waals surface area contributed by atoms with Crippen molar-refractivity contribution in [2.75, 3.05) is 13.1 Å². The summed E-state index contributed by atoms with van der Waals surface area (Å²) < 4.78 is 25.2. The molecule has 27 heavy (non-hydrogen) atoms. The highest BCUT2D eigenvalue weighted by atomic mass is 32.2. The molecule has 1 aliphatic rings. The van der Waals surface area contributed by atoms with Crippen LogP contribution in [0.3, 0.4) is 0 Å². The number of nitrogens with zero attached hydrogens (tertiary/aromatic N) is 1. The molecule has 1 fully saturated rings. The Hall–Kier alpha value is -2.18. The van der Waals surface area contributed by atoms with E-state index in [0.29, 0.717) is 18.0 Å². The predicted molar refractivity (Wildman–Crippen MR) is 106 cm³/mol. The lowest BCUT2D eigenvalue weighted by atomic mass is 9.92. The fourth-order valence-corrected chi connectivity index (χ4v) is 4.84. The molecule has 2 N–H and O–H groups in total. The lowest BCUT2D eigenvalue weighted by Crippen LogP contribution is -2.45. The van der Waals surface area contributed by atoms with Crippen LogP contribution in [0.2, 0.25) is 0 Å². The molecule has 0 unspecified atom stereocenters. The minimum absolute atomic E-state index is 0.0523. The van der Waals surface area contributed by atoms with Crippen LogP contribution in [-0.2, 0) is 15.6 Å². The molecule has 2 aromatic rings. The van der Waals surface area contributed by atoms with E-state index in [0.717, 1.165) is 24.9 Å². The van der Waals surface area contributed by atoms with Crippen LogP contribution < -0.4 is 5.73 Å². The summed E-state index contributed by atoms with van der Waals surface area (Å²) in [6.07, 6.45) is 1.99. The zero-order valence-electron chi connectivity index (χ0n) is 15.5. The predicted octanol–water partition coefficient (Wildman–Crippen LogP) is 2.86. The van der Waals surface area contributed by atoms with Crippen molar-refractivity contribution in [1.82, 2.24) is 4.90 Å². The van der Waals surface area contributed by atoms with Crippen LogP contribution in [0.5, 0.6) is 0 Å². The maximum absolute atomic E-state index is 12.8. The van der Waals surface area contributed by atoms with Gasteiger partial charge in [-0.05, 0) is 55.5 Å². The Labute approximate surface area is 161 Å². The molecule has 0 saturated carbocycles. The van der Waals surface area contributed by atoms with Gasteiger partial charge in [0.15, 0.2) is 9.84 Å². The fourth-order valence-electron chi connectivity index (χ4n) is 3.49. The second-order valence-corrected chi connectivity index (χ2v) is 9.27. The Bertz CT molecular complexity index is 877. The molecule has 0 aromatic heterocycles. The van der Waals surface area contributed by atoms with Gasteiger partial charge >= 0.3 is 0 Å². The first-order valence-electron chi connectivity index (χ1n) is 9.28. The van der Waals surface area contributed by atoms with Crippen molar-refractivity contribution in [3.63, 3.8) is 0 Å². The molecule has 2 atom stereocenters. The second-order valence-electron chi connectivity index (χ2n) is 7.28. The average molecular weight is 387 g/mol. The molecular formula is C21H26N2O3S. The third-order valence-corrected chi connectivity index (χ3v) is 6.85. The lowest BCUT2D eigenvalue weighted by Gasteiger charge is -2.34. The Balaban J connectivity index is 1.72. The van der Waals surface area contributed by atoms with E-state index in [4.69, 9.17) is 5.73 Å². The summed E-state index contributed by atoms with van der Waals surface area (Å²) in [5.74, 6) is 0.198. The van der Waals surface area contributed by atoms with Gasteiger partial charge < -0.3 is 10.6 Å². The molecule has 5 nitrogen and oxygen atoms in total. The molecule has 144 valence electrons. The van der Waals surface area contributed by atoms with Gasteiger partial charge in [0.25, 0.3) is 5.91 Å². The normalized spacial score (nSPS) is 18.9. The van der Waals surface area contributed by atoms with Gasteiger partial charge in [-0.3, -0.25) is 4.79 Å². The first kappa shape index (κ1) is 19.6. The highest BCUT2D eigenvalue weighted by Gasteiger charge is 2.26. The van der Waals surface area contributed by atoms with Crippen molar-refractivity contribution in [3.8, 4) is 0 Å². The number of hydrogen-bond acceptors (Lipinski definition) is 4. The third-order valence-electron chi connectivity index (χ3n) is 5.15. The molecule has 1 aliphatic heterocycles. The average Bonchev–Trinajstić information content (AvgIpc) is 2.68. The van der Waals surface area contributed by atoms with Gasteiger partial charge in [-0.1, -0.05) is 30.3 Å². The Morgan fingerprint density at radius 2 is 1.81 bits per heavy atom. The van der Waals surface area contributed by atoms with Crippen molar-refractivity contribution < 1.29 is 13.2 Å². The smallest absolute Gasteiger partial charge is 0.253 e. The molecule has 1 heterocycles. The van der Waals surface area contributed by atoms with Crippen LogP contribution in [0.4, 0.5) is 0 Å². The van der Waals surface area contributed by atoms with Crippen LogP contribution in [0.1, 0.15) is 35.7 Å². The Morgan fingerprint density at radius 3 is 2.44 bits per heavy atom. The number of hydrogen-bond donors (Lipinski definition) is 1. The SMILES string of the molecule is C[C@@H](N)[C@@H]1CCCN(C(=O)c2ccc(S(=O)(=O)Cc3ccccc3)cc2)C1. The Morgan fingerprint density at radius 1 is 1.15 bits per heavy atom. The third kappa shape index (κ3) is 4.76. The minimum Gasteiger partial charge on any atom is -0.338 e. The number of sulfone groups is 1. The maximum Gasteiger partial charge on any atom is 0.253 e. The highest BCUT2D eigenvalue weighted by molar-refractivity contribution is 7.90. The van der Waals surface area contributed by atoms with E-state index < -0.39 is 9.84 Å². The van der Waals surface area contributed by atoms with E-state index >= 15 is 0 Å². The van der Waals surface area contributed by atoms with Crippen LogP contribution >= 0.6 is 0 Å². The monoisotopic (exact) mass is 386 g/mol. The van der Waals surface area contributed by atoms with Crippen molar-refractivity contribution in [1.29, 1.82) is 0 Å². The van der Waals surface area contributed by atoms with Gasteiger partial charge in [-0.15, -0.1) is 0 Å². The molecular weight excluding hydrogens is 360 g/mol. The highest BCUT2D eigenvalue weighted by Crippen LogP contribution is 2.22. The molecule has 6 heteroatoms. The molecule has 2 aromatic carbocycles. The summed E-state index contributed by atoms with van der Waals surface area (Å²) in [5, 5.41) is 0. The van der Waals surface area contributed by atoms with Gasteiger partial charge in [0.05, 0.1) is 10.6 Å². The van der Waals surface area contributed by atoms with Crippen LogP contribution in [0.15, 0.2) is 59.5 Å². The van der Waals surface area contributed by atoms with Crippen LogP contribution in [0.25, 0.3) is 0 Å². The van der Waals surface area contributed by atoms with E-state index in [9.17, 15) is 13.2 Å². The van der Waals surface area contributed by atoms with Gasteiger partial charge in [0.1, 0.15) is 0 Å². The van der Waals surface area contributed by atoms with Crippen molar-refractivity contribution in [3.05, 3.63) is 65.7 Å². The summed E-state index contributed by atoms with van der Waals surface area (Å²) in [5.41, 5.74) is 7.25. The Kier molecular flexibility index (Phi) is 5.97. The zero-order chi connectivity index (χ0) is 19.4.